The maximum absolute atomic E-state index is 13.0. The molecule has 2 rings (SSSR count). The highest BCUT2D eigenvalue weighted by atomic mass is 19.1. The molecule has 0 bridgehead atoms. The lowest BCUT2D eigenvalue weighted by atomic mass is 10.1. The average molecular weight is 305 g/mol. The molecule has 0 saturated heterocycles. The lowest BCUT2D eigenvalue weighted by molar-refractivity contribution is 0.114. The molecule has 0 aliphatic carbocycles. The molecule has 0 amide bonds. The van der Waals surface area contributed by atoms with Gasteiger partial charge in [0.1, 0.15) is 11.6 Å². The second-order valence-corrected chi connectivity index (χ2v) is 5.07. The van der Waals surface area contributed by atoms with Crippen molar-refractivity contribution in [1.29, 1.82) is 0 Å². The van der Waals surface area contributed by atoms with Crippen LogP contribution in [0.2, 0.25) is 0 Å². The highest BCUT2D eigenvalue weighted by molar-refractivity contribution is 5.34. The number of nitrogens with one attached hydrogen (secondary N) is 1. The molecule has 1 unspecified atom stereocenters. The Kier molecular flexibility index (Phi) is 5.66. The number of anilines is 1. The van der Waals surface area contributed by atoms with Crippen molar-refractivity contribution in [2.75, 3.05) is 19.0 Å². The second-order valence-electron chi connectivity index (χ2n) is 5.07. The van der Waals surface area contributed by atoms with Crippen LogP contribution < -0.4 is 10.1 Å². The zero-order valence-corrected chi connectivity index (χ0v) is 12.9. The largest absolute Gasteiger partial charge is 0.474 e. The van der Waals surface area contributed by atoms with Crippen molar-refractivity contribution in [1.82, 2.24) is 9.97 Å². The van der Waals surface area contributed by atoms with E-state index in [4.69, 9.17) is 9.47 Å². The fraction of sp³-hybridized carbons (Fsp3) is 0.375. The predicted molar refractivity (Wildman–Crippen MR) is 82.4 cm³/mol. The van der Waals surface area contributed by atoms with E-state index < -0.39 is 0 Å². The zero-order chi connectivity index (χ0) is 15.9. The van der Waals surface area contributed by atoms with Crippen molar-refractivity contribution < 1.29 is 13.9 Å². The quantitative estimate of drug-likeness (QED) is 0.851. The van der Waals surface area contributed by atoms with Crippen LogP contribution in [0.5, 0.6) is 5.88 Å². The number of ether oxygens (including phenoxy) is 2. The fourth-order valence-corrected chi connectivity index (χ4v) is 1.94. The highest BCUT2D eigenvalue weighted by Crippen LogP contribution is 2.18. The third-order valence-corrected chi connectivity index (χ3v) is 2.96. The molecule has 0 aliphatic heterocycles. The lowest BCUT2D eigenvalue weighted by Crippen LogP contribution is -2.16. The SMILES string of the molecule is COC(CNc1cncc(OC(C)C)n1)c1ccc(F)cc1. The molecule has 118 valence electrons. The van der Waals surface area contributed by atoms with E-state index in [0.717, 1.165) is 5.56 Å². The molecule has 1 N–H and O–H groups in total. The average Bonchev–Trinajstić information content (AvgIpc) is 2.49. The number of hydrogen-bond acceptors (Lipinski definition) is 5. The van der Waals surface area contributed by atoms with Gasteiger partial charge in [-0.2, -0.15) is 4.98 Å². The first kappa shape index (κ1) is 16.2. The monoisotopic (exact) mass is 305 g/mol. The molecule has 0 aliphatic rings. The molecular formula is C16H20FN3O2. The maximum atomic E-state index is 13.0. The van der Waals surface area contributed by atoms with Gasteiger partial charge in [0.15, 0.2) is 0 Å². The topological polar surface area (TPSA) is 56.3 Å². The van der Waals surface area contributed by atoms with E-state index in [9.17, 15) is 4.39 Å². The summed E-state index contributed by atoms with van der Waals surface area (Å²) in [6, 6.07) is 6.24. The summed E-state index contributed by atoms with van der Waals surface area (Å²) in [5.74, 6) is 0.800. The van der Waals surface area contributed by atoms with Gasteiger partial charge in [0.25, 0.3) is 0 Å². The van der Waals surface area contributed by atoms with Gasteiger partial charge in [-0.25, -0.2) is 4.39 Å². The molecule has 0 fully saturated rings. The molecule has 2 aromatic rings. The van der Waals surface area contributed by atoms with E-state index in [1.165, 1.54) is 12.1 Å². The Morgan fingerprint density at radius 2 is 1.91 bits per heavy atom. The van der Waals surface area contributed by atoms with Crippen LogP contribution in [0.4, 0.5) is 10.2 Å². The van der Waals surface area contributed by atoms with Crippen LogP contribution in [0.15, 0.2) is 36.7 Å². The first-order valence-electron chi connectivity index (χ1n) is 7.09. The van der Waals surface area contributed by atoms with Gasteiger partial charge in [0.2, 0.25) is 5.88 Å². The molecule has 0 radical (unpaired) electrons. The molecule has 0 spiro atoms. The summed E-state index contributed by atoms with van der Waals surface area (Å²) in [6.07, 6.45) is 3.01. The zero-order valence-electron chi connectivity index (χ0n) is 12.9. The van der Waals surface area contributed by atoms with E-state index in [0.29, 0.717) is 18.2 Å². The van der Waals surface area contributed by atoms with Crippen molar-refractivity contribution in [3.63, 3.8) is 0 Å². The Labute approximate surface area is 129 Å². The molecule has 5 nitrogen and oxygen atoms in total. The van der Waals surface area contributed by atoms with Gasteiger partial charge >= 0.3 is 0 Å². The van der Waals surface area contributed by atoms with Crippen molar-refractivity contribution in [3.05, 3.63) is 48.0 Å². The molecule has 6 heteroatoms. The minimum atomic E-state index is -0.268. The van der Waals surface area contributed by atoms with Gasteiger partial charge in [-0.05, 0) is 31.5 Å². The van der Waals surface area contributed by atoms with E-state index in [1.807, 2.05) is 13.8 Å². The molecule has 1 atom stereocenters. The summed E-state index contributed by atoms with van der Waals surface area (Å²) in [5, 5.41) is 3.15. The smallest absolute Gasteiger partial charge is 0.234 e. The van der Waals surface area contributed by atoms with Crippen LogP contribution in [-0.4, -0.2) is 29.7 Å². The molecule has 1 aromatic heterocycles. The summed E-state index contributed by atoms with van der Waals surface area (Å²) in [7, 11) is 1.61. The minimum Gasteiger partial charge on any atom is -0.474 e. The summed E-state index contributed by atoms with van der Waals surface area (Å²) in [4.78, 5) is 8.40. The van der Waals surface area contributed by atoms with E-state index in [2.05, 4.69) is 15.3 Å². The van der Waals surface area contributed by atoms with Gasteiger partial charge < -0.3 is 14.8 Å². The van der Waals surface area contributed by atoms with Gasteiger partial charge in [-0.1, -0.05) is 12.1 Å². The van der Waals surface area contributed by atoms with E-state index in [1.54, 1.807) is 31.6 Å². The Morgan fingerprint density at radius 1 is 1.18 bits per heavy atom. The minimum absolute atomic E-state index is 0.0375. The lowest BCUT2D eigenvalue weighted by Gasteiger charge is -2.17. The standard InChI is InChI=1S/C16H20FN3O2/c1-11(2)22-16-10-18-9-15(20-16)19-8-14(21-3)12-4-6-13(17)7-5-12/h4-7,9-11,14H,8H2,1-3H3,(H,19,20). The van der Waals surface area contributed by atoms with Gasteiger partial charge in [0.05, 0.1) is 24.6 Å². The van der Waals surface area contributed by atoms with Crippen molar-refractivity contribution in [2.24, 2.45) is 0 Å². The number of rotatable bonds is 7. The molecule has 0 saturated carbocycles. The maximum Gasteiger partial charge on any atom is 0.234 e. The van der Waals surface area contributed by atoms with Crippen LogP contribution in [0.1, 0.15) is 25.5 Å². The molecule has 1 heterocycles. The number of benzene rings is 1. The number of methoxy groups -OCH3 is 1. The van der Waals surface area contributed by atoms with E-state index in [-0.39, 0.29) is 18.0 Å². The number of halogens is 1. The molecule has 1 aromatic carbocycles. The van der Waals surface area contributed by atoms with Gasteiger partial charge in [-0.15, -0.1) is 0 Å². The third kappa shape index (κ3) is 4.66. The molecular weight excluding hydrogens is 285 g/mol. The highest BCUT2D eigenvalue weighted by Gasteiger charge is 2.11. The predicted octanol–water partition coefficient (Wildman–Crippen LogP) is 3.20. The van der Waals surface area contributed by atoms with Crippen molar-refractivity contribution >= 4 is 5.82 Å². The number of hydrogen-bond donors (Lipinski definition) is 1. The van der Waals surface area contributed by atoms with Crippen LogP contribution in [0, 0.1) is 5.82 Å². The summed E-state index contributed by atoms with van der Waals surface area (Å²) < 4.78 is 23.9. The van der Waals surface area contributed by atoms with Crippen molar-refractivity contribution in [3.8, 4) is 5.88 Å². The third-order valence-electron chi connectivity index (χ3n) is 2.96. The number of nitrogens with zero attached hydrogens (tertiary/aromatic N) is 2. The van der Waals surface area contributed by atoms with Crippen molar-refractivity contribution in [2.45, 2.75) is 26.1 Å². The van der Waals surface area contributed by atoms with Gasteiger partial charge in [-0.3, -0.25) is 4.98 Å². The van der Waals surface area contributed by atoms with Gasteiger partial charge in [0, 0.05) is 13.7 Å². The van der Waals surface area contributed by atoms with Crippen LogP contribution >= 0.6 is 0 Å². The normalized spacial score (nSPS) is 12.2. The van der Waals surface area contributed by atoms with Crippen LogP contribution in [0.3, 0.4) is 0 Å². The Bertz CT molecular complexity index is 590. The Morgan fingerprint density at radius 3 is 2.55 bits per heavy atom. The fourth-order valence-electron chi connectivity index (χ4n) is 1.94. The van der Waals surface area contributed by atoms with Crippen LogP contribution in [-0.2, 0) is 4.74 Å². The summed E-state index contributed by atoms with van der Waals surface area (Å²) >= 11 is 0. The first-order valence-corrected chi connectivity index (χ1v) is 7.09. The summed E-state index contributed by atoms with van der Waals surface area (Å²) in [6.45, 7) is 4.34. The molecule has 22 heavy (non-hydrogen) atoms. The summed E-state index contributed by atoms with van der Waals surface area (Å²) in [5.41, 5.74) is 0.888. The Hall–Kier alpha value is -2.21. The Balaban J connectivity index is 1.99. The second kappa shape index (κ2) is 7.70. The first-order chi connectivity index (χ1) is 10.6. The van der Waals surface area contributed by atoms with E-state index >= 15 is 0 Å². The number of aromatic nitrogens is 2. The van der Waals surface area contributed by atoms with Crippen LogP contribution in [0.25, 0.3) is 0 Å².